The molecule has 0 spiro atoms. The number of rotatable bonds is 5. The molecule has 3 heteroatoms. The van der Waals surface area contributed by atoms with Gasteiger partial charge in [0.15, 0.2) is 0 Å². The summed E-state index contributed by atoms with van der Waals surface area (Å²) < 4.78 is 5.32. The van der Waals surface area contributed by atoms with Gasteiger partial charge in [0.25, 0.3) is 0 Å². The van der Waals surface area contributed by atoms with E-state index in [0.29, 0.717) is 6.54 Å². The summed E-state index contributed by atoms with van der Waals surface area (Å²) in [4.78, 5) is 2.11. The summed E-state index contributed by atoms with van der Waals surface area (Å²) in [6.07, 6.45) is 0.937. The minimum Gasteiger partial charge on any atom is -0.496 e. The molecule has 0 radical (unpaired) electrons. The quantitative estimate of drug-likeness (QED) is 0.800. The predicted octanol–water partition coefficient (Wildman–Crippen LogP) is 3.24. The topological polar surface area (TPSA) is 36.3 Å². The molecule has 0 atom stereocenters. The molecule has 0 aliphatic heterocycles. The largest absolute Gasteiger partial charge is 0.496 e. The fourth-order valence-electron chi connectivity index (χ4n) is 2.00. The van der Waals surface area contributed by atoms with Crippen LogP contribution in [0.4, 0.5) is 5.69 Å². The molecule has 0 saturated heterocycles. The van der Waals surface area contributed by atoms with Crippen LogP contribution in [0.15, 0.2) is 18.2 Å². The van der Waals surface area contributed by atoms with Gasteiger partial charge in [-0.25, -0.2) is 0 Å². The van der Waals surface area contributed by atoms with Crippen LogP contribution in [0.25, 0.3) is 0 Å². The van der Waals surface area contributed by atoms with Gasteiger partial charge in [0.2, 0.25) is 0 Å². The highest BCUT2D eigenvalue weighted by Gasteiger charge is 2.19. The van der Waals surface area contributed by atoms with E-state index in [2.05, 4.69) is 24.0 Å². The average Bonchev–Trinajstić information content (AvgIpc) is 2.37. The van der Waals surface area contributed by atoms with Gasteiger partial charge >= 0.3 is 0 Å². The van der Waals surface area contributed by atoms with Crippen LogP contribution in [-0.4, -0.2) is 20.7 Å². The second-order valence-corrected chi connectivity index (χ2v) is 5.20. The fraction of sp³-hybridized carbons (Fsp3) is 0.533. The Morgan fingerprint density at radius 2 is 2.06 bits per heavy atom. The number of aryl methyl sites for hydroxylation is 1. The zero-order chi connectivity index (χ0) is 13.8. The standard InChI is InChI=1S/C15H22N2O/c1-6-12-9-13(7-8-14(12)18-5)17(4)11-15(2,3)10-16/h7-9H,6,11H2,1-5H3. The lowest BCUT2D eigenvalue weighted by Crippen LogP contribution is -2.30. The van der Waals surface area contributed by atoms with Crippen LogP contribution in [0.1, 0.15) is 26.3 Å². The summed E-state index contributed by atoms with van der Waals surface area (Å²) in [7, 11) is 3.71. The van der Waals surface area contributed by atoms with Crippen molar-refractivity contribution in [2.75, 3.05) is 25.6 Å². The van der Waals surface area contributed by atoms with Crippen molar-refractivity contribution in [1.82, 2.24) is 0 Å². The molecule has 0 fully saturated rings. The molecule has 0 aromatic heterocycles. The molecule has 0 heterocycles. The first kappa shape index (κ1) is 14.4. The van der Waals surface area contributed by atoms with Crippen LogP contribution < -0.4 is 9.64 Å². The zero-order valence-corrected chi connectivity index (χ0v) is 11.9. The van der Waals surface area contributed by atoms with E-state index in [1.165, 1.54) is 5.56 Å². The van der Waals surface area contributed by atoms with E-state index in [0.717, 1.165) is 17.9 Å². The molecular weight excluding hydrogens is 224 g/mol. The van der Waals surface area contributed by atoms with Crippen LogP contribution in [-0.2, 0) is 6.42 Å². The van der Waals surface area contributed by atoms with Crippen LogP contribution in [0, 0.1) is 16.7 Å². The number of benzene rings is 1. The van der Waals surface area contributed by atoms with Gasteiger partial charge in [-0.3, -0.25) is 0 Å². The predicted molar refractivity (Wildman–Crippen MR) is 75.0 cm³/mol. The van der Waals surface area contributed by atoms with Gasteiger partial charge in [0.1, 0.15) is 5.75 Å². The second-order valence-electron chi connectivity index (χ2n) is 5.20. The Balaban J connectivity index is 2.94. The van der Waals surface area contributed by atoms with Crippen LogP contribution in [0.3, 0.4) is 0 Å². The Bertz CT molecular complexity index is 446. The summed E-state index contributed by atoms with van der Waals surface area (Å²) in [6.45, 7) is 6.72. The van der Waals surface area contributed by atoms with E-state index in [4.69, 9.17) is 10.00 Å². The Morgan fingerprint density at radius 3 is 2.56 bits per heavy atom. The van der Waals surface area contributed by atoms with Crippen LogP contribution in [0.5, 0.6) is 5.75 Å². The first-order valence-electron chi connectivity index (χ1n) is 6.23. The van der Waals surface area contributed by atoms with Gasteiger partial charge in [-0.1, -0.05) is 6.92 Å². The summed E-state index contributed by atoms with van der Waals surface area (Å²) in [6, 6.07) is 8.48. The van der Waals surface area contributed by atoms with Gasteiger partial charge in [-0.2, -0.15) is 5.26 Å². The third kappa shape index (κ3) is 3.40. The average molecular weight is 246 g/mol. The number of ether oxygens (including phenoxy) is 1. The highest BCUT2D eigenvalue weighted by Crippen LogP contribution is 2.26. The number of nitriles is 1. The summed E-state index contributed by atoms with van der Waals surface area (Å²) >= 11 is 0. The molecule has 0 saturated carbocycles. The Morgan fingerprint density at radius 1 is 1.39 bits per heavy atom. The van der Waals surface area contributed by atoms with E-state index < -0.39 is 0 Å². The maximum atomic E-state index is 9.08. The maximum Gasteiger partial charge on any atom is 0.122 e. The molecule has 0 aliphatic rings. The summed E-state index contributed by atoms with van der Waals surface area (Å²) in [5.74, 6) is 0.925. The van der Waals surface area contributed by atoms with E-state index in [9.17, 15) is 0 Å². The molecule has 0 bridgehead atoms. The van der Waals surface area contributed by atoms with E-state index >= 15 is 0 Å². The van der Waals surface area contributed by atoms with E-state index in [1.54, 1.807) is 7.11 Å². The van der Waals surface area contributed by atoms with Crippen molar-refractivity contribution in [2.24, 2.45) is 5.41 Å². The highest BCUT2D eigenvalue weighted by atomic mass is 16.5. The Hall–Kier alpha value is -1.69. The maximum absolute atomic E-state index is 9.08. The number of anilines is 1. The van der Waals surface area contributed by atoms with Crippen LogP contribution >= 0.6 is 0 Å². The molecule has 3 nitrogen and oxygen atoms in total. The molecule has 1 aromatic carbocycles. The Labute approximate surface area is 110 Å². The number of nitrogens with zero attached hydrogens (tertiary/aromatic N) is 2. The molecule has 0 aliphatic carbocycles. The number of hydrogen-bond donors (Lipinski definition) is 0. The molecule has 1 aromatic rings. The summed E-state index contributed by atoms with van der Waals surface area (Å²) in [5.41, 5.74) is 1.97. The normalized spacial score (nSPS) is 10.9. The molecule has 1 rings (SSSR count). The van der Waals surface area contributed by atoms with Crippen molar-refractivity contribution >= 4 is 5.69 Å². The van der Waals surface area contributed by atoms with Gasteiger partial charge < -0.3 is 9.64 Å². The Kier molecular flexibility index (Phi) is 4.61. The SMILES string of the molecule is CCc1cc(N(C)CC(C)(C)C#N)ccc1OC. The smallest absolute Gasteiger partial charge is 0.122 e. The van der Waals surface area contributed by atoms with Gasteiger partial charge in [-0.05, 0) is 44.0 Å². The third-order valence-corrected chi connectivity index (χ3v) is 3.02. The minimum atomic E-state index is -0.346. The lowest BCUT2D eigenvalue weighted by molar-refractivity contribution is 0.410. The number of methoxy groups -OCH3 is 1. The lowest BCUT2D eigenvalue weighted by atomic mass is 9.95. The lowest BCUT2D eigenvalue weighted by Gasteiger charge is -2.27. The van der Waals surface area contributed by atoms with E-state index in [1.807, 2.05) is 33.0 Å². The van der Waals surface area contributed by atoms with Crippen LogP contribution in [0.2, 0.25) is 0 Å². The van der Waals surface area contributed by atoms with Crippen molar-refractivity contribution in [2.45, 2.75) is 27.2 Å². The highest BCUT2D eigenvalue weighted by molar-refractivity contribution is 5.53. The van der Waals surface area contributed by atoms with Gasteiger partial charge in [-0.15, -0.1) is 0 Å². The number of hydrogen-bond acceptors (Lipinski definition) is 3. The van der Waals surface area contributed by atoms with Crippen molar-refractivity contribution in [1.29, 1.82) is 5.26 Å². The van der Waals surface area contributed by atoms with Gasteiger partial charge in [0, 0.05) is 19.3 Å². The molecule has 18 heavy (non-hydrogen) atoms. The third-order valence-electron chi connectivity index (χ3n) is 3.02. The van der Waals surface area contributed by atoms with Crippen molar-refractivity contribution < 1.29 is 4.74 Å². The molecule has 0 amide bonds. The van der Waals surface area contributed by atoms with Gasteiger partial charge in [0.05, 0.1) is 18.6 Å². The monoisotopic (exact) mass is 246 g/mol. The first-order valence-corrected chi connectivity index (χ1v) is 6.23. The summed E-state index contributed by atoms with van der Waals surface area (Å²) in [5, 5.41) is 9.08. The van der Waals surface area contributed by atoms with Crippen molar-refractivity contribution in [3.8, 4) is 11.8 Å². The second kappa shape index (κ2) is 5.77. The molecule has 98 valence electrons. The fourth-order valence-corrected chi connectivity index (χ4v) is 2.00. The zero-order valence-electron chi connectivity index (χ0n) is 11.9. The van der Waals surface area contributed by atoms with E-state index in [-0.39, 0.29) is 5.41 Å². The molecule has 0 N–H and O–H groups in total. The molecule has 0 unspecified atom stereocenters. The minimum absolute atomic E-state index is 0.346. The van der Waals surface area contributed by atoms with Crippen molar-refractivity contribution in [3.05, 3.63) is 23.8 Å². The van der Waals surface area contributed by atoms with Crippen molar-refractivity contribution in [3.63, 3.8) is 0 Å². The molecular formula is C15H22N2O. The first-order chi connectivity index (χ1) is 8.43.